The first-order chi connectivity index (χ1) is 14.6. The third-order valence-corrected chi connectivity index (χ3v) is 6.60. The summed E-state index contributed by atoms with van der Waals surface area (Å²) in [5, 5.41) is 18.2. The highest BCUT2D eigenvalue weighted by molar-refractivity contribution is 7.22. The quantitative estimate of drug-likeness (QED) is 0.295. The molecule has 5 aromatic rings. The van der Waals surface area contributed by atoms with E-state index in [9.17, 15) is 5.11 Å². The van der Waals surface area contributed by atoms with Gasteiger partial charge in [0.1, 0.15) is 5.75 Å². The lowest BCUT2D eigenvalue weighted by atomic mass is 9.93. The summed E-state index contributed by atoms with van der Waals surface area (Å²) in [6.07, 6.45) is 0. The van der Waals surface area contributed by atoms with Crippen LogP contribution in [0.1, 0.15) is 17.2 Å². The van der Waals surface area contributed by atoms with Crippen LogP contribution in [-0.4, -0.2) is 10.1 Å². The number of aromatic nitrogens is 1. The van der Waals surface area contributed by atoms with Crippen molar-refractivity contribution >= 4 is 60.7 Å². The Balaban J connectivity index is 1.72. The van der Waals surface area contributed by atoms with E-state index in [1.54, 1.807) is 29.5 Å². The maximum Gasteiger partial charge on any atom is 0.184 e. The largest absolute Gasteiger partial charge is 0.508 e. The molecular formula is C24H16Cl2N2OS. The number of fused-ring (bicyclic) bond motifs is 2. The predicted octanol–water partition coefficient (Wildman–Crippen LogP) is 7.66. The van der Waals surface area contributed by atoms with E-state index in [0.717, 1.165) is 37.2 Å². The summed E-state index contributed by atoms with van der Waals surface area (Å²) in [4.78, 5) is 4.72. The highest BCUT2D eigenvalue weighted by Gasteiger charge is 2.24. The molecule has 4 aromatic carbocycles. The van der Waals surface area contributed by atoms with Crippen molar-refractivity contribution in [2.45, 2.75) is 6.04 Å². The Morgan fingerprint density at radius 3 is 2.53 bits per heavy atom. The number of benzene rings is 4. The van der Waals surface area contributed by atoms with Crippen LogP contribution in [0, 0.1) is 0 Å². The van der Waals surface area contributed by atoms with E-state index in [-0.39, 0.29) is 5.75 Å². The molecular weight excluding hydrogens is 435 g/mol. The molecule has 1 unspecified atom stereocenters. The van der Waals surface area contributed by atoms with Crippen LogP contribution in [0.3, 0.4) is 0 Å². The smallest absolute Gasteiger partial charge is 0.184 e. The maximum absolute atomic E-state index is 10.9. The minimum atomic E-state index is -0.415. The molecule has 1 heterocycles. The maximum atomic E-state index is 10.9. The van der Waals surface area contributed by atoms with Crippen LogP contribution in [0.25, 0.3) is 21.0 Å². The van der Waals surface area contributed by atoms with Gasteiger partial charge in [-0.3, -0.25) is 0 Å². The number of phenols is 1. The number of rotatable bonds is 4. The van der Waals surface area contributed by atoms with Crippen LogP contribution in [-0.2, 0) is 0 Å². The fraction of sp³-hybridized carbons (Fsp3) is 0.0417. The highest BCUT2D eigenvalue weighted by Crippen LogP contribution is 2.41. The Labute approximate surface area is 187 Å². The number of halogens is 2. The number of para-hydroxylation sites is 1. The number of hydrogen-bond acceptors (Lipinski definition) is 4. The molecule has 0 saturated carbocycles. The van der Waals surface area contributed by atoms with Gasteiger partial charge >= 0.3 is 0 Å². The Morgan fingerprint density at radius 1 is 0.900 bits per heavy atom. The second kappa shape index (κ2) is 7.80. The van der Waals surface area contributed by atoms with E-state index in [1.165, 1.54) is 0 Å². The van der Waals surface area contributed by atoms with E-state index in [2.05, 4.69) is 5.32 Å². The first-order valence-electron chi connectivity index (χ1n) is 9.38. The van der Waals surface area contributed by atoms with Crippen molar-refractivity contribution < 1.29 is 5.11 Å². The zero-order valence-electron chi connectivity index (χ0n) is 15.6. The SMILES string of the molecule is Oc1ccc2ccccc2c1C(Nc1nc2ccccc2s1)c1ccc(Cl)cc1Cl. The number of phenolic OH excluding ortho intramolecular Hbond substituents is 1. The lowest BCUT2D eigenvalue weighted by molar-refractivity contribution is 0.468. The topological polar surface area (TPSA) is 45.1 Å². The Bertz CT molecular complexity index is 1350. The van der Waals surface area contributed by atoms with E-state index < -0.39 is 6.04 Å². The molecule has 0 aliphatic rings. The van der Waals surface area contributed by atoms with E-state index >= 15 is 0 Å². The van der Waals surface area contributed by atoms with Crippen molar-refractivity contribution in [3.8, 4) is 5.75 Å². The van der Waals surface area contributed by atoms with E-state index in [1.807, 2.05) is 60.7 Å². The van der Waals surface area contributed by atoms with Gasteiger partial charge in [0.2, 0.25) is 0 Å². The zero-order valence-corrected chi connectivity index (χ0v) is 18.0. The summed E-state index contributed by atoms with van der Waals surface area (Å²) in [6, 6.07) is 24.6. The van der Waals surface area contributed by atoms with Crippen molar-refractivity contribution in [3.05, 3.63) is 100 Å². The van der Waals surface area contributed by atoms with Crippen molar-refractivity contribution in [1.29, 1.82) is 0 Å². The minimum Gasteiger partial charge on any atom is -0.508 e. The third kappa shape index (κ3) is 3.47. The number of nitrogens with one attached hydrogen (secondary N) is 1. The van der Waals surface area contributed by atoms with Gasteiger partial charge in [-0.1, -0.05) is 83.1 Å². The van der Waals surface area contributed by atoms with Gasteiger partial charge in [-0.05, 0) is 46.7 Å². The standard InChI is InChI=1S/C24H16Cl2N2OS/c25-15-10-11-17(18(26)13-15)23(28-24-27-19-7-3-4-8-21(19)30-24)22-16-6-2-1-5-14(16)9-12-20(22)29/h1-13,23,29H,(H,27,28). The monoisotopic (exact) mass is 450 g/mol. The molecule has 5 rings (SSSR count). The van der Waals surface area contributed by atoms with Gasteiger partial charge in [-0.2, -0.15) is 0 Å². The molecule has 0 fully saturated rings. The summed E-state index contributed by atoms with van der Waals surface area (Å²) in [5.74, 6) is 0.193. The fourth-order valence-electron chi connectivity index (χ4n) is 3.69. The van der Waals surface area contributed by atoms with Gasteiger partial charge in [-0.25, -0.2) is 4.98 Å². The summed E-state index contributed by atoms with van der Waals surface area (Å²) >= 11 is 14.3. The van der Waals surface area contributed by atoms with Crippen LogP contribution < -0.4 is 5.32 Å². The van der Waals surface area contributed by atoms with E-state index in [0.29, 0.717) is 10.0 Å². The number of hydrogen-bond donors (Lipinski definition) is 2. The Hall–Kier alpha value is -2.79. The fourth-order valence-corrected chi connectivity index (χ4v) is 5.10. The van der Waals surface area contributed by atoms with Crippen LogP contribution in [0.2, 0.25) is 10.0 Å². The Morgan fingerprint density at radius 2 is 1.70 bits per heavy atom. The van der Waals surface area contributed by atoms with Gasteiger partial charge in [0.15, 0.2) is 5.13 Å². The average molecular weight is 451 g/mol. The van der Waals surface area contributed by atoms with Gasteiger partial charge in [0.05, 0.1) is 16.3 Å². The van der Waals surface area contributed by atoms with Crippen LogP contribution >= 0.6 is 34.5 Å². The first-order valence-corrected chi connectivity index (χ1v) is 10.9. The molecule has 0 aliphatic carbocycles. The Kier molecular flexibility index (Phi) is 4.99. The predicted molar refractivity (Wildman–Crippen MR) is 127 cm³/mol. The lowest BCUT2D eigenvalue weighted by Gasteiger charge is -2.23. The van der Waals surface area contributed by atoms with Crippen LogP contribution in [0.5, 0.6) is 5.75 Å². The van der Waals surface area contributed by atoms with Crippen molar-refractivity contribution in [2.75, 3.05) is 5.32 Å². The first kappa shape index (κ1) is 19.2. The minimum absolute atomic E-state index is 0.193. The van der Waals surface area contributed by atoms with Crippen LogP contribution in [0.15, 0.2) is 78.9 Å². The molecule has 0 radical (unpaired) electrons. The molecule has 30 heavy (non-hydrogen) atoms. The normalized spacial score (nSPS) is 12.3. The second-order valence-corrected chi connectivity index (χ2v) is 8.82. The molecule has 0 bridgehead atoms. The average Bonchev–Trinajstić information content (AvgIpc) is 3.15. The highest BCUT2D eigenvalue weighted by atomic mass is 35.5. The molecule has 0 aliphatic heterocycles. The van der Waals surface area contributed by atoms with Crippen LogP contribution in [0.4, 0.5) is 5.13 Å². The molecule has 2 N–H and O–H groups in total. The third-order valence-electron chi connectivity index (χ3n) is 5.07. The molecule has 6 heteroatoms. The lowest BCUT2D eigenvalue weighted by Crippen LogP contribution is -2.13. The number of aromatic hydroxyl groups is 1. The summed E-state index contributed by atoms with van der Waals surface area (Å²) in [6.45, 7) is 0. The molecule has 0 amide bonds. The zero-order chi connectivity index (χ0) is 20.7. The van der Waals surface area contributed by atoms with E-state index in [4.69, 9.17) is 28.2 Å². The number of anilines is 1. The van der Waals surface area contributed by atoms with Gasteiger partial charge in [0, 0.05) is 15.6 Å². The molecule has 0 saturated heterocycles. The molecule has 1 atom stereocenters. The van der Waals surface area contributed by atoms with Crippen molar-refractivity contribution in [1.82, 2.24) is 4.98 Å². The second-order valence-electron chi connectivity index (χ2n) is 6.95. The van der Waals surface area contributed by atoms with Crippen molar-refractivity contribution in [2.24, 2.45) is 0 Å². The molecule has 148 valence electrons. The van der Waals surface area contributed by atoms with Gasteiger partial charge in [0.25, 0.3) is 0 Å². The van der Waals surface area contributed by atoms with Gasteiger partial charge < -0.3 is 10.4 Å². The molecule has 3 nitrogen and oxygen atoms in total. The summed E-state index contributed by atoms with van der Waals surface area (Å²) in [7, 11) is 0. The summed E-state index contributed by atoms with van der Waals surface area (Å²) in [5.41, 5.74) is 2.48. The van der Waals surface area contributed by atoms with Gasteiger partial charge in [-0.15, -0.1) is 0 Å². The number of nitrogens with zero attached hydrogens (tertiary/aromatic N) is 1. The molecule has 1 aromatic heterocycles. The van der Waals surface area contributed by atoms with Crippen molar-refractivity contribution in [3.63, 3.8) is 0 Å². The molecule has 0 spiro atoms. The number of thiazole rings is 1. The summed E-state index contributed by atoms with van der Waals surface area (Å²) < 4.78 is 1.09.